The number of nitrogens with zero attached hydrogens (tertiary/aromatic N) is 2. The summed E-state index contributed by atoms with van der Waals surface area (Å²) in [7, 11) is 0. The molecular formula is C36H53N5O5. The summed E-state index contributed by atoms with van der Waals surface area (Å²) < 4.78 is 2.17. The van der Waals surface area contributed by atoms with Gasteiger partial charge in [0.2, 0.25) is 23.6 Å². The first-order valence-corrected chi connectivity index (χ1v) is 17.5. The molecule has 252 valence electrons. The van der Waals surface area contributed by atoms with Crippen LogP contribution in [0.1, 0.15) is 104 Å². The Labute approximate surface area is 273 Å². The minimum Gasteiger partial charge on any atom is -0.347 e. The first-order chi connectivity index (χ1) is 22.2. The number of aryl methyl sites for hydroxylation is 1. The van der Waals surface area contributed by atoms with Gasteiger partial charge in [0.15, 0.2) is 0 Å². The Morgan fingerprint density at radius 1 is 0.913 bits per heavy atom. The number of piperidine rings is 1. The maximum Gasteiger partial charge on any atom is 0.246 e. The normalized spacial score (nSPS) is 23.5. The lowest BCUT2D eigenvalue weighted by Crippen LogP contribution is -2.64. The number of carbonyl (C=O) groups is 5. The van der Waals surface area contributed by atoms with Crippen molar-refractivity contribution in [3.63, 3.8) is 0 Å². The Hall–Kier alpha value is -3.69. The van der Waals surface area contributed by atoms with Crippen LogP contribution in [0.15, 0.2) is 30.5 Å². The highest BCUT2D eigenvalue weighted by Gasteiger charge is 2.40. The predicted molar refractivity (Wildman–Crippen MR) is 179 cm³/mol. The zero-order valence-electron chi connectivity index (χ0n) is 28.1. The maximum absolute atomic E-state index is 14.1. The van der Waals surface area contributed by atoms with E-state index in [9.17, 15) is 24.0 Å². The molecule has 0 aliphatic carbocycles. The summed E-state index contributed by atoms with van der Waals surface area (Å²) in [5.74, 6) is -1.35. The molecule has 3 heterocycles. The maximum atomic E-state index is 14.1. The zero-order valence-corrected chi connectivity index (χ0v) is 28.1. The first-order valence-electron chi connectivity index (χ1n) is 17.5. The van der Waals surface area contributed by atoms with Crippen LogP contribution in [0.3, 0.4) is 0 Å². The molecular weight excluding hydrogens is 582 g/mol. The fraction of sp³-hybridized carbons (Fsp3) is 0.639. The standard InChI is InChI=1S/C36H53N5O5/c1-5-20-40-23-25(27-16-11-12-18-30(27)40)22-29-34(44)39-32(24(4)6-2)36(46)41-21-14-13-19-31(41)35(45)37-28(33(43)38-29)17-10-8-9-15-26(42)7-3/h11-12,16,18,23-24,28-29,31-32H,5-10,13-15,17,19-22H2,1-4H3,(H,37,45)(H,38,43)(H,39,44)/t24-,28+,29+,31-,32+/m1/s1. The van der Waals surface area contributed by atoms with E-state index in [1.807, 2.05) is 39.0 Å². The van der Waals surface area contributed by atoms with Crippen molar-refractivity contribution in [2.24, 2.45) is 5.92 Å². The average Bonchev–Trinajstić information content (AvgIpc) is 3.41. The third-order valence-corrected chi connectivity index (χ3v) is 9.73. The van der Waals surface area contributed by atoms with Gasteiger partial charge in [0.05, 0.1) is 0 Å². The minimum atomic E-state index is -0.953. The van der Waals surface area contributed by atoms with Gasteiger partial charge < -0.3 is 25.4 Å². The van der Waals surface area contributed by atoms with Gasteiger partial charge in [-0.25, -0.2) is 0 Å². The molecule has 3 N–H and O–H groups in total. The SMILES string of the molecule is CCCn1cc(C[C@@H]2NC(=O)[C@H](CCCCCC(=O)CC)NC(=O)[C@H]3CCCCN3C(=O)[C@H]([C@H](C)CC)NC2=O)c2ccccc21. The zero-order chi connectivity index (χ0) is 33.2. The number of Topliss-reactive ketones (excluding diaryl/α,β-unsaturated/α-hetero) is 1. The lowest BCUT2D eigenvalue weighted by atomic mass is 9.93. The largest absolute Gasteiger partial charge is 0.347 e. The van der Waals surface area contributed by atoms with Crippen LogP contribution >= 0.6 is 0 Å². The second-order valence-corrected chi connectivity index (χ2v) is 13.1. The molecule has 0 unspecified atom stereocenters. The van der Waals surface area contributed by atoms with E-state index in [0.29, 0.717) is 45.1 Å². The molecule has 0 radical (unpaired) electrons. The van der Waals surface area contributed by atoms with Gasteiger partial charge in [-0.3, -0.25) is 24.0 Å². The number of ketones is 1. The van der Waals surface area contributed by atoms with Crippen LogP contribution in [0.5, 0.6) is 0 Å². The molecule has 0 bridgehead atoms. The van der Waals surface area contributed by atoms with E-state index in [0.717, 1.165) is 55.1 Å². The number of aromatic nitrogens is 1. The van der Waals surface area contributed by atoms with Gasteiger partial charge in [0.1, 0.15) is 30.0 Å². The molecule has 46 heavy (non-hydrogen) atoms. The van der Waals surface area contributed by atoms with Crippen LogP contribution in [-0.2, 0) is 36.9 Å². The topological polar surface area (TPSA) is 130 Å². The number of hydrogen-bond donors (Lipinski definition) is 3. The van der Waals surface area contributed by atoms with Crippen molar-refractivity contribution < 1.29 is 24.0 Å². The number of para-hydroxylation sites is 1. The lowest BCUT2D eigenvalue weighted by Gasteiger charge is -2.39. The number of benzene rings is 1. The van der Waals surface area contributed by atoms with Gasteiger partial charge in [-0.1, -0.05) is 65.2 Å². The van der Waals surface area contributed by atoms with E-state index in [1.165, 1.54) is 0 Å². The number of fused-ring (bicyclic) bond motifs is 2. The highest BCUT2D eigenvalue weighted by Crippen LogP contribution is 2.25. The summed E-state index contributed by atoms with van der Waals surface area (Å²) in [6.45, 7) is 9.14. The summed E-state index contributed by atoms with van der Waals surface area (Å²) in [6, 6.07) is 4.72. The number of unbranched alkanes of at least 4 members (excludes halogenated alkanes) is 2. The van der Waals surface area contributed by atoms with Gasteiger partial charge in [-0.15, -0.1) is 0 Å². The molecule has 10 nitrogen and oxygen atoms in total. The van der Waals surface area contributed by atoms with Crippen LogP contribution < -0.4 is 16.0 Å². The van der Waals surface area contributed by atoms with Crippen LogP contribution in [0.25, 0.3) is 10.9 Å². The molecule has 10 heteroatoms. The van der Waals surface area contributed by atoms with Crippen molar-refractivity contribution in [2.75, 3.05) is 6.54 Å². The molecule has 2 saturated heterocycles. The monoisotopic (exact) mass is 635 g/mol. The molecule has 1 aromatic heterocycles. The average molecular weight is 636 g/mol. The van der Waals surface area contributed by atoms with E-state index < -0.39 is 36.0 Å². The third-order valence-electron chi connectivity index (χ3n) is 9.73. The highest BCUT2D eigenvalue weighted by atomic mass is 16.2. The van der Waals surface area contributed by atoms with Gasteiger partial charge in [0, 0.05) is 49.5 Å². The summed E-state index contributed by atoms with van der Waals surface area (Å²) in [6.07, 6.45) is 9.49. The smallest absolute Gasteiger partial charge is 0.246 e. The second kappa shape index (κ2) is 16.7. The number of carbonyl (C=O) groups excluding carboxylic acids is 5. The second-order valence-electron chi connectivity index (χ2n) is 13.1. The van der Waals surface area contributed by atoms with E-state index in [2.05, 4.69) is 39.7 Å². The molecule has 4 amide bonds. The van der Waals surface area contributed by atoms with Gasteiger partial charge in [-0.2, -0.15) is 0 Å². The fourth-order valence-corrected chi connectivity index (χ4v) is 6.76. The number of nitrogens with one attached hydrogen (secondary N) is 3. The Balaban J connectivity index is 1.67. The van der Waals surface area contributed by atoms with E-state index in [4.69, 9.17) is 0 Å². The van der Waals surface area contributed by atoms with Crippen molar-refractivity contribution >= 4 is 40.3 Å². The van der Waals surface area contributed by atoms with Gasteiger partial charge in [0.25, 0.3) is 0 Å². The molecule has 2 fully saturated rings. The summed E-state index contributed by atoms with van der Waals surface area (Å²) in [5.41, 5.74) is 2.00. The predicted octanol–water partition coefficient (Wildman–Crippen LogP) is 4.42. The van der Waals surface area contributed by atoms with Crippen molar-refractivity contribution in [1.29, 1.82) is 0 Å². The summed E-state index contributed by atoms with van der Waals surface area (Å²) in [5, 5.41) is 10.0. The fourth-order valence-electron chi connectivity index (χ4n) is 6.76. The number of rotatable bonds is 13. The highest BCUT2D eigenvalue weighted by molar-refractivity contribution is 5.98. The molecule has 0 spiro atoms. The molecule has 2 aromatic rings. The Morgan fingerprint density at radius 2 is 1.65 bits per heavy atom. The van der Waals surface area contributed by atoms with Crippen molar-refractivity contribution in [1.82, 2.24) is 25.4 Å². The van der Waals surface area contributed by atoms with Crippen molar-refractivity contribution in [2.45, 2.75) is 135 Å². The minimum absolute atomic E-state index is 0.166. The van der Waals surface area contributed by atoms with Crippen LogP contribution in [0, 0.1) is 5.92 Å². The molecule has 4 rings (SSSR count). The van der Waals surface area contributed by atoms with Crippen molar-refractivity contribution in [3.05, 3.63) is 36.0 Å². The molecule has 1 aromatic carbocycles. The van der Waals surface area contributed by atoms with Crippen LogP contribution in [0.4, 0.5) is 0 Å². The quantitative estimate of drug-likeness (QED) is 0.281. The van der Waals surface area contributed by atoms with E-state index >= 15 is 0 Å². The Kier molecular flexibility index (Phi) is 12.8. The lowest BCUT2D eigenvalue weighted by molar-refractivity contribution is -0.147. The van der Waals surface area contributed by atoms with Crippen molar-refractivity contribution in [3.8, 4) is 0 Å². The Bertz CT molecular complexity index is 1390. The van der Waals surface area contributed by atoms with E-state index in [-0.39, 0.29) is 29.9 Å². The molecule has 0 saturated carbocycles. The summed E-state index contributed by atoms with van der Waals surface area (Å²) >= 11 is 0. The number of hydrogen-bond acceptors (Lipinski definition) is 5. The van der Waals surface area contributed by atoms with Crippen LogP contribution in [0.2, 0.25) is 0 Å². The Morgan fingerprint density at radius 3 is 2.39 bits per heavy atom. The molecule has 2 aliphatic rings. The van der Waals surface area contributed by atoms with Crippen LogP contribution in [-0.4, -0.2) is 69.6 Å². The van der Waals surface area contributed by atoms with Gasteiger partial charge >= 0.3 is 0 Å². The first kappa shape index (κ1) is 35.2. The molecule has 5 atom stereocenters. The molecule has 2 aliphatic heterocycles. The van der Waals surface area contributed by atoms with E-state index in [1.54, 1.807) is 4.90 Å². The number of amides is 4. The summed E-state index contributed by atoms with van der Waals surface area (Å²) in [4.78, 5) is 69.3. The van der Waals surface area contributed by atoms with Gasteiger partial charge in [-0.05, 0) is 56.1 Å². The third kappa shape index (κ3) is 8.56.